The zero-order valence-electron chi connectivity index (χ0n) is 18.3. The van der Waals surface area contributed by atoms with E-state index in [1.807, 2.05) is 23.9 Å². The van der Waals surface area contributed by atoms with Crippen molar-refractivity contribution in [1.82, 2.24) is 0 Å². The maximum Gasteiger partial charge on any atom is 0.312 e. The molecule has 0 saturated carbocycles. The second kappa shape index (κ2) is 9.62. The standard InChI is InChI=1S/C25H32N2OS/c1-6-18(4)20-9-11-21(12-10-20)24(28)15-27-22(7-2)16-29-25(27)26-23-13-8-17(3)14-19(23)5/h8-14,18,22H,6-7,15-16H2,1-5H3/p+1/t18-,22-/m0/s1. The summed E-state index contributed by atoms with van der Waals surface area (Å²) in [5.41, 5.74) is 5.71. The topological polar surface area (TPSA) is 32.1 Å². The zero-order chi connectivity index (χ0) is 21.0. The number of ketones is 1. The number of nitrogens with zero attached hydrogens (tertiary/aromatic N) is 1. The molecular weight excluding hydrogens is 376 g/mol. The highest BCUT2D eigenvalue weighted by Crippen LogP contribution is 2.25. The molecule has 2 aromatic carbocycles. The van der Waals surface area contributed by atoms with Gasteiger partial charge in [-0.25, -0.2) is 9.89 Å². The van der Waals surface area contributed by atoms with Crippen LogP contribution in [0.3, 0.4) is 0 Å². The van der Waals surface area contributed by atoms with Gasteiger partial charge in [-0.1, -0.05) is 62.7 Å². The van der Waals surface area contributed by atoms with E-state index in [0.717, 1.165) is 35.0 Å². The molecule has 0 radical (unpaired) electrons. The summed E-state index contributed by atoms with van der Waals surface area (Å²) in [7, 11) is 0. The number of aryl methyl sites for hydroxylation is 2. The maximum absolute atomic E-state index is 13.0. The molecule has 2 atom stereocenters. The van der Waals surface area contributed by atoms with Crippen LogP contribution < -0.4 is 5.32 Å². The van der Waals surface area contributed by atoms with Gasteiger partial charge in [0, 0.05) is 11.3 Å². The highest BCUT2D eigenvalue weighted by Gasteiger charge is 2.32. The Morgan fingerprint density at radius 3 is 2.52 bits per heavy atom. The van der Waals surface area contributed by atoms with Gasteiger partial charge in [0.1, 0.15) is 18.3 Å². The largest absolute Gasteiger partial charge is 0.312 e. The Kier molecular flexibility index (Phi) is 7.18. The molecule has 0 aromatic heterocycles. The molecule has 4 heteroatoms. The van der Waals surface area contributed by atoms with Crippen LogP contribution in [0.2, 0.25) is 0 Å². The lowest BCUT2D eigenvalue weighted by Gasteiger charge is -2.13. The lowest BCUT2D eigenvalue weighted by molar-refractivity contribution is -0.543. The molecule has 0 saturated heterocycles. The van der Waals surface area contributed by atoms with Crippen molar-refractivity contribution in [3.05, 3.63) is 64.7 Å². The molecule has 2 aromatic rings. The van der Waals surface area contributed by atoms with E-state index < -0.39 is 0 Å². The molecule has 3 rings (SSSR count). The molecule has 0 unspecified atom stereocenters. The number of rotatable bonds is 7. The van der Waals surface area contributed by atoms with Crippen LogP contribution in [0.15, 0.2) is 42.5 Å². The minimum Gasteiger partial charge on any atom is -0.290 e. The number of nitrogens with one attached hydrogen (secondary N) is 1. The predicted molar refractivity (Wildman–Crippen MR) is 126 cm³/mol. The van der Waals surface area contributed by atoms with Gasteiger partial charge in [-0.15, -0.1) is 0 Å². The van der Waals surface area contributed by atoms with Crippen molar-refractivity contribution in [2.45, 2.75) is 59.4 Å². The summed E-state index contributed by atoms with van der Waals surface area (Å²) in [6, 6.07) is 15.0. The highest BCUT2D eigenvalue weighted by molar-refractivity contribution is 8.14. The first-order valence-corrected chi connectivity index (χ1v) is 11.6. The molecule has 3 nitrogen and oxygen atoms in total. The van der Waals surface area contributed by atoms with Crippen molar-refractivity contribution in [3.8, 4) is 0 Å². The van der Waals surface area contributed by atoms with Crippen LogP contribution in [0, 0.1) is 13.8 Å². The Labute approximate surface area is 179 Å². The van der Waals surface area contributed by atoms with Crippen molar-refractivity contribution in [2.75, 3.05) is 17.6 Å². The zero-order valence-corrected chi connectivity index (χ0v) is 19.1. The van der Waals surface area contributed by atoms with Gasteiger partial charge < -0.3 is 0 Å². The molecule has 0 aliphatic carbocycles. The van der Waals surface area contributed by atoms with E-state index in [-0.39, 0.29) is 5.78 Å². The quantitative estimate of drug-likeness (QED) is 0.449. The number of Topliss-reactive ketones (excluding diaryl/α,β-unsaturated/α-hetero) is 1. The second-order valence-electron chi connectivity index (χ2n) is 8.10. The normalized spacial score (nSPS) is 17.5. The van der Waals surface area contributed by atoms with Crippen LogP contribution in [0.1, 0.15) is 66.6 Å². The number of hydrogen-bond donors (Lipinski definition) is 1. The minimum atomic E-state index is 0.182. The Bertz CT molecular complexity index is 902. The molecule has 0 fully saturated rings. The van der Waals surface area contributed by atoms with E-state index in [9.17, 15) is 4.79 Å². The second-order valence-corrected chi connectivity index (χ2v) is 9.11. The van der Waals surface area contributed by atoms with E-state index in [4.69, 9.17) is 0 Å². The summed E-state index contributed by atoms with van der Waals surface area (Å²) < 4.78 is 2.26. The van der Waals surface area contributed by atoms with E-state index in [1.54, 1.807) is 0 Å². The average Bonchev–Trinajstić information content (AvgIpc) is 3.10. The van der Waals surface area contributed by atoms with Gasteiger partial charge in [-0.05, 0) is 61.6 Å². The molecule has 154 valence electrons. The third-order valence-electron chi connectivity index (χ3n) is 5.94. The van der Waals surface area contributed by atoms with Crippen molar-refractivity contribution in [3.63, 3.8) is 0 Å². The SMILES string of the molecule is CC[C@H]1CSC(Nc2ccc(C)cc2C)=[N+]1CC(=O)c1ccc([C@@H](C)CC)cc1. The monoisotopic (exact) mass is 409 g/mol. The number of carbonyl (C=O) groups is 1. The molecule has 0 bridgehead atoms. The van der Waals surface area contributed by atoms with E-state index in [2.05, 4.69) is 74.8 Å². The Balaban J connectivity index is 1.81. The maximum atomic E-state index is 13.0. The summed E-state index contributed by atoms with van der Waals surface area (Å²) in [6.45, 7) is 11.3. The molecule has 1 heterocycles. The average molecular weight is 410 g/mol. The summed E-state index contributed by atoms with van der Waals surface area (Å²) in [4.78, 5) is 13.0. The third kappa shape index (κ3) is 5.11. The third-order valence-corrected chi connectivity index (χ3v) is 7.10. The van der Waals surface area contributed by atoms with E-state index in [0.29, 0.717) is 18.5 Å². The van der Waals surface area contributed by atoms with Crippen molar-refractivity contribution < 1.29 is 9.37 Å². The predicted octanol–water partition coefficient (Wildman–Crippen LogP) is 6.01. The summed E-state index contributed by atoms with van der Waals surface area (Å²) in [5.74, 6) is 1.73. The molecule has 1 aliphatic heterocycles. The van der Waals surface area contributed by atoms with Gasteiger partial charge in [0.05, 0.1) is 0 Å². The summed E-state index contributed by atoms with van der Waals surface area (Å²) in [5, 5.41) is 4.68. The molecule has 0 amide bonds. The van der Waals surface area contributed by atoms with Crippen LogP contribution in [-0.4, -0.2) is 33.9 Å². The summed E-state index contributed by atoms with van der Waals surface area (Å²) >= 11 is 1.82. The van der Waals surface area contributed by atoms with Crippen LogP contribution in [0.5, 0.6) is 0 Å². The Morgan fingerprint density at radius 1 is 1.17 bits per heavy atom. The van der Waals surface area contributed by atoms with Gasteiger partial charge in [0.25, 0.3) is 0 Å². The van der Waals surface area contributed by atoms with Crippen molar-refractivity contribution in [1.29, 1.82) is 0 Å². The Hall–Kier alpha value is -2.07. The fraction of sp³-hybridized carbons (Fsp3) is 0.440. The smallest absolute Gasteiger partial charge is 0.290 e. The van der Waals surface area contributed by atoms with Crippen LogP contribution in [-0.2, 0) is 0 Å². The van der Waals surface area contributed by atoms with Gasteiger partial charge >= 0.3 is 5.17 Å². The minimum absolute atomic E-state index is 0.182. The van der Waals surface area contributed by atoms with E-state index in [1.165, 1.54) is 16.7 Å². The molecule has 29 heavy (non-hydrogen) atoms. The van der Waals surface area contributed by atoms with Gasteiger partial charge in [-0.3, -0.25) is 4.79 Å². The Morgan fingerprint density at radius 2 is 1.90 bits per heavy atom. The van der Waals surface area contributed by atoms with Crippen molar-refractivity contribution in [2.24, 2.45) is 0 Å². The number of benzene rings is 2. The first-order chi connectivity index (χ1) is 13.9. The van der Waals surface area contributed by atoms with Gasteiger partial charge in [0.15, 0.2) is 0 Å². The molecular formula is C25H33N2OS+. The van der Waals surface area contributed by atoms with Crippen LogP contribution in [0.4, 0.5) is 5.69 Å². The molecule has 1 aliphatic rings. The number of amidine groups is 1. The summed E-state index contributed by atoms with van der Waals surface area (Å²) in [6.07, 6.45) is 2.14. The lowest BCUT2D eigenvalue weighted by Crippen LogP contribution is -2.33. The van der Waals surface area contributed by atoms with Gasteiger partial charge in [0.2, 0.25) is 5.78 Å². The van der Waals surface area contributed by atoms with E-state index >= 15 is 0 Å². The number of anilines is 1. The van der Waals surface area contributed by atoms with Crippen molar-refractivity contribution >= 4 is 28.4 Å². The lowest BCUT2D eigenvalue weighted by atomic mass is 9.97. The fourth-order valence-corrected chi connectivity index (χ4v) is 5.04. The fourth-order valence-electron chi connectivity index (χ4n) is 3.71. The number of hydrogen-bond acceptors (Lipinski definition) is 3. The first kappa shape index (κ1) is 21.6. The molecule has 1 N–H and O–H groups in total. The number of carbonyl (C=O) groups excluding carboxylic acids is 1. The van der Waals surface area contributed by atoms with Crippen LogP contribution in [0.25, 0.3) is 0 Å². The van der Waals surface area contributed by atoms with Crippen LogP contribution >= 0.6 is 11.8 Å². The van der Waals surface area contributed by atoms with Gasteiger partial charge in [-0.2, -0.15) is 0 Å². The molecule has 0 spiro atoms. The number of thioether (sulfide) groups is 1. The first-order valence-electron chi connectivity index (χ1n) is 10.7. The highest BCUT2D eigenvalue weighted by atomic mass is 32.2.